The monoisotopic (exact) mass is 641 g/mol. The minimum absolute atomic E-state index is 0.0875. The lowest BCUT2D eigenvalue weighted by Crippen LogP contribution is -2.39. The van der Waals surface area contributed by atoms with Crippen molar-refractivity contribution < 1.29 is 17.6 Å². The van der Waals surface area contributed by atoms with Gasteiger partial charge in [-0.2, -0.15) is 0 Å². The SMILES string of the molecule is COc1cccc(CN2CCCC2)c1-n1c(-c2ccco2)nnc1N(CC[Si](C)(C)C)S(=O)(=O)CCc1ccc(Cl)cc1. The first-order chi connectivity index (χ1) is 20.6. The summed E-state index contributed by atoms with van der Waals surface area (Å²) >= 11 is 6.07. The first-order valence-electron chi connectivity index (χ1n) is 14.7. The van der Waals surface area contributed by atoms with Crippen LogP contribution in [-0.2, 0) is 23.0 Å². The zero-order chi connectivity index (χ0) is 30.6. The van der Waals surface area contributed by atoms with E-state index in [2.05, 4.69) is 40.8 Å². The third kappa shape index (κ3) is 7.51. The van der Waals surface area contributed by atoms with Gasteiger partial charge in [0.05, 0.1) is 24.8 Å². The summed E-state index contributed by atoms with van der Waals surface area (Å²) < 4.78 is 43.5. The Hall–Kier alpha value is -3.12. The molecule has 1 fully saturated rings. The Kier molecular flexibility index (Phi) is 9.65. The molecule has 43 heavy (non-hydrogen) atoms. The molecule has 0 saturated carbocycles. The van der Waals surface area contributed by atoms with Gasteiger partial charge in [0.25, 0.3) is 0 Å². The number of anilines is 1. The van der Waals surface area contributed by atoms with Gasteiger partial charge in [-0.1, -0.05) is 55.5 Å². The minimum atomic E-state index is -3.83. The fraction of sp³-hybridized carbons (Fsp3) is 0.419. The first-order valence-corrected chi connectivity index (χ1v) is 20.4. The van der Waals surface area contributed by atoms with E-state index in [0.29, 0.717) is 47.6 Å². The number of benzene rings is 2. The highest BCUT2D eigenvalue weighted by Crippen LogP contribution is 2.37. The number of likely N-dealkylation sites (tertiary alicyclic amines) is 1. The van der Waals surface area contributed by atoms with E-state index < -0.39 is 18.1 Å². The summed E-state index contributed by atoms with van der Waals surface area (Å²) in [6, 6.07) is 17.5. The number of methoxy groups -OCH3 is 1. The molecule has 1 aliphatic heterocycles. The molecule has 0 unspecified atom stereocenters. The molecule has 1 aliphatic rings. The Morgan fingerprint density at radius 1 is 1.02 bits per heavy atom. The van der Waals surface area contributed by atoms with Gasteiger partial charge in [0.1, 0.15) is 5.75 Å². The van der Waals surface area contributed by atoms with Crippen molar-refractivity contribution in [2.24, 2.45) is 0 Å². The van der Waals surface area contributed by atoms with E-state index in [-0.39, 0.29) is 11.7 Å². The third-order valence-corrected chi connectivity index (χ3v) is 11.4. The van der Waals surface area contributed by atoms with Crippen LogP contribution in [0, 0.1) is 0 Å². The Bertz CT molecular complexity index is 1610. The first kappa shape index (κ1) is 31.3. The number of rotatable bonds is 13. The predicted octanol–water partition coefficient (Wildman–Crippen LogP) is 6.50. The van der Waals surface area contributed by atoms with Crippen molar-refractivity contribution in [3.8, 4) is 23.0 Å². The van der Waals surface area contributed by atoms with Crippen LogP contribution in [0.1, 0.15) is 24.0 Å². The smallest absolute Gasteiger partial charge is 0.246 e. The molecule has 5 rings (SSSR count). The van der Waals surface area contributed by atoms with Crippen molar-refractivity contribution in [2.45, 2.75) is 51.5 Å². The second kappa shape index (κ2) is 13.3. The van der Waals surface area contributed by atoms with E-state index in [4.69, 9.17) is 20.8 Å². The van der Waals surface area contributed by atoms with Crippen molar-refractivity contribution in [1.29, 1.82) is 0 Å². The van der Waals surface area contributed by atoms with E-state index in [1.807, 2.05) is 28.8 Å². The summed E-state index contributed by atoms with van der Waals surface area (Å²) in [7, 11) is -3.85. The fourth-order valence-corrected chi connectivity index (χ4v) is 7.95. The van der Waals surface area contributed by atoms with E-state index in [9.17, 15) is 8.42 Å². The van der Waals surface area contributed by atoms with Crippen LogP contribution < -0.4 is 9.04 Å². The molecule has 9 nitrogen and oxygen atoms in total. The number of para-hydroxylation sites is 1. The third-order valence-electron chi connectivity index (χ3n) is 7.69. The van der Waals surface area contributed by atoms with Crippen LogP contribution in [0.25, 0.3) is 17.3 Å². The van der Waals surface area contributed by atoms with Gasteiger partial charge < -0.3 is 9.15 Å². The molecule has 1 saturated heterocycles. The Morgan fingerprint density at radius 3 is 2.42 bits per heavy atom. The number of hydrogen-bond donors (Lipinski definition) is 0. The topological polar surface area (TPSA) is 93.7 Å². The van der Waals surface area contributed by atoms with Crippen molar-refractivity contribution in [3.63, 3.8) is 0 Å². The molecule has 0 N–H and O–H groups in total. The molecule has 2 aromatic carbocycles. The van der Waals surface area contributed by atoms with Gasteiger partial charge in [-0.05, 0) is 79.9 Å². The van der Waals surface area contributed by atoms with Gasteiger partial charge in [-0.25, -0.2) is 12.7 Å². The number of ether oxygens (including phenoxy) is 1. The number of aryl methyl sites for hydroxylation is 1. The molecule has 0 spiro atoms. The van der Waals surface area contributed by atoms with Crippen LogP contribution in [-0.4, -0.2) is 68.7 Å². The number of sulfonamides is 1. The molecular weight excluding hydrogens is 602 g/mol. The zero-order valence-corrected chi connectivity index (χ0v) is 27.9. The lowest BCUT2D eigenvalue weighted by atomic mass is 10.1. The molecule has 3 heterocycles. The fourth-order valence-electron chi connectivity index (χ4n) is 5.31. The number of furan rings is 1. The molecule has 230 valence electrons. The van der Waals surface area contributed by atoms with Crippen LogP contribution in [0.15, 0.2) is 65.3 Å². The quantitative estimate of drug-likeness (QED) is 0.154. The number of halogens is 1. The second-order valence-electron chi connectivity index (χ2n) is 12.2. The van der Waals surface area contributed by atoms with Gasteiger partial charge in [-0.3, -0.25) is 9.47 Å². The van der Waals surface area contributed by atoms with Crippen LogP contribution in [0.5, 0.6) is 5.75 Å². The molecule has 2 aromatic heterocycles. The largest absolute Gasteiger partial charge is 0.495 e. The lowest BCUT2D eigenvalue weighted by molar-refractivity contribution is 0.330. The molecule has 4 aromatic rings. The maximum absolute atomic E-state index is 14.3. The number of aromatic nitrogens is 3. The molecule has 12 heteroatoms. The van der Waals surface area contributed by atoms with Crippen molar-refractivity contribution >= 4 is 35.6 Å². The second-order valence-corrected chi connectivity index (χ2v) is 20.2. The maximum atomic E-state index is 14.3. The Morgan fingerprint density at radius 2 is 1.77 bits per heavy atom. The molecule has 0 amide bonds. The highest BCUT2D eigenvalue weighted by Gasteiger charge is 2.33. The van der Waals surface area contributed by atoms with E-state index in [0.717, 1.165) is 43.1 Å². The van der Waals surface area contributed by atoms with Gasteiger partial charge in [0.2, 0.25) is 21.8 Å². The highest BCUT2D eigenvalue weighted by atomic mass is 35.5. The maximum Gasteiger partial charge on any atom is 0.246 e. The van der Waals surface area contributed by atoms with Crippen molar-refractivity contribution in [1.82, 2.24) is 19.7 Å². The number of hydrogen-bond acceptors (Lipinski definition) is 7. The zero-order valence-electron chi connectivity index (χ0n) is 25.3. The van der Waals surface area contributed by atoms with E-state index in [1.54, 1.807) is 37.6 Å². The Labute approximate surface area is 260 Å². The molecule has 0 bridgehead atoms. The van der Waals surface area contributed by atoms with Gasteiger partial charge in [0, 0.05) is 26.2 Å². The summed E-state index contributed by atoms with van der Waals surface area (Å²) in [4.78, 5) is 2.40. The standard InChI is InChI=1S/C31H40ClN5O4SSi/c1-40-27-10-7-9-25(23-35-17-5-6-18-35)29(27)37-30(28-11-8-20-41-28)33-34-31(37)36(19-22-43(2,3)4)42(38,39)21-16-24-12-14-26(32)15-13-24/h7-15,20H,5-6,16-19,21-23H2,1-4H3. The van der Waals surface area contributed by atoms with Crippen LogP contribution in [0.2, 0.25) is 30.7 Å². The van der Waals surface area contributed by atoms with Gasteiger partial charge in [-0.15, -0.1) is 10.2 Å². The van der Waals surface area contributed by atoms with Crippen LogP contribution in [0.4, 0.5) is 5.95 Å². The summed E-state index contributed by atoms with van der Waals surface area (Å²) in [6.07, 6.45) is 4.24. The minimum Gasteiger partial charge on any atom is -0.495 e. The number of nitrogens with zero attached hydrogens (tertiary/aromatic N) is 5. The highest BCUT2D eigenvalue weighted by molar-refractivity contribution is 7.92. The Balaban J connectivity index is 1.65. The van der Waals surface area contributed by atoms with Crippen molar-refractivity contribution in [2.75, 3.05) is 36.8 Å². The summed E-state index contributed by atoms with van der Waals surface area (Å²) in [5, 5.41) is 9.70. The van der Waals surface area contributed by atoms with Gasteiger partial charge >= 0.3 is 0 Å². The van der Waals surface area contributed by atoms with Gasteiger partial charge in [0.15, 0.2) is 5.76 Å². The predicted molar refractivity (Wildman–Crippen MR) is 175 cm³/mol. The van der Waals surface area contributed by atoms with Crippen molar-refractivity contribution in [3.05, 3.63) is 77.0 Å². The van der Waals surface area contributed by atoms with Crippen LogP contribution >= 0.6 is 11.6 Å². The molecular formula is C31H40ClN5O4SSi. The lowest BCUT2D eigenvalue weighted by Gasteiger charge is -2.28. The summed E-state index contributed by atoms with van der Waals surface area (Å²) in [5.41, 5.74) is 2.61. The average molecular weight is 642 g/mol. The summed E-state index contributed by atoms with van der Waals surface area (Å²) in [5.74, 6) is 1.65. The average Bonchev–Trinajstić information content (AvgIpc) is 3.75. The molecule has 0 aliphatic carbocycles. The molecule has 0 atom stereocenters. The van der Waals surface area contributed by atoms with Crippen LogP contribution in [0.3, 0.4) is 0 Å². The summed E-state index contributed by atoms with van der Waals surface area (Å²) in [6.45, 7) is 9.72. The van der Waals surface area contributed by atoms with E-state index >= 15 is 0 Å². The normalized spacial score (nSPS) is 14.3. The van der Waals surface area contributed by atoms with E-state index in [1.165, 1.54) is 4.31 Å². The molecule has 0 radical (unpaired) electrons.